The first-order valence-electron chi connectivity index (χ1n) is 5.06. The van der Waals surface area contributed by atoms with E-state index in [-0.39, 0.29) is 12.8 Å². The number of rotatable bonds is 3. The van der Waals surface area contributed by atoms with Gasteiger partial charge in [-0.05, 0) is 20.8 Å². The molecule has 0 saturated carbocycles. The molecule has 94 valence electrons. The van der Waals surface area contributed by atoms with Crippen molar-refractivity contribution in [1.82, 2.24) is 0 Å². The molecule has 5 nitrogen and oxygen atoms in total. The van der Waals surface area contributed by atoms with Crippen molar-refractivity contribution in [2.24, 2.45) is 11.5 Å². The molecule has 5 heteroatoms. The van der Waals surface area contributed by atoms with Gasteiger partial charge in [-0.1, -0.05) is 5.57 Å². The molecule has 2 amide bonds. The van der Waals surface area contributed by atoms with E-state index >= 15 is 0 Å². The highest BCUT2D eigenvalue weighted by Gasteiger charge is 2.13. The highest BCUT2D eigenvalue weighted by molar-refractivity contribution is 5.81. The molecule has 0 aromatic heterocycles. The van der Waals surface area contributed by atoms with E-state index in [1.165, 1.54) is 5.57 Å². The Hall–Kier alpha value is -1.36. The van der Waals surface area contributed by atoms with Crippen LogP contribution in [0.3, 0.4) is 0 Å². The Morgan fingerprint density at radius 2 is 1.44 bits per heavy atom. The third-order valence-corrected chi connectivity index (χ3v) is 1.12. The summed E-state index contributed by atoms with van der Waals surface area (Å²) in [6, 6.07) is 0. The molecule has 0 bridgehead atoms. The van der Waals surface area contributed by atoms with Crippen LogP contribution in [0.5, 0.6) is 0 Å². The lowest BCUT2D eigenvalue weighted by atomic mass is 10.3. The third kappa shape index (κ3) is 38.8. The molecule has 1 saturated heterocycles. The Bertz CT molecular complexity index is 217. The van der Waals surface area contributed by atoms with Crippen molar-refractivity contribution in [2.75, 3.05) is 6.61 Å². The van der Waals surface area contributed by atoms with Crippen LogP contribution in [0.1, 0.15) is 33.6 Å². The molecule has 1 heterocycles. The van der Waals surface area contributed by atoms with E-state index < -0.39 is 11.8 Å². The second-order valence-electron chi connectivity index (χ2n) is 3.78. The molecule has 1 aliphatic rings. The maximum absolute atomic E-state index is 9.92. The minimum absolute atomic E-state index is 0.0509. The van der Waals surface area contributed by atoms with Crippen LogP contribution in [0.4, 0.5) is 0 Å². The van der Waals surface area contributed by atoms with E-state index in [4.69, 9.17) is 16.2 Å². The van der Waals surface area contributed by atoms with Crippen molar-refractivity contribution < 1.29 is 14.3 Å². The van der Waals surface area contributed by atoms with Crippen molar-refractivity contribution in [1.29, 1.82) is 0 Å². The van der Waals surface area contributed by atoms with Crippen LogP contribution in [0.25, 0.3) is 0 Å². The fourth-order valence-corrected chi connectivity index (χ4v) is 0.343. The molecule has 0 spiro atoms. The second-order valence-corrected chi connectivity index (χ2v) is 3.78. The lowest BCUT2D eigenvalue weighted by Gasteiger charge is -1.87. The summed E-state index contributed by atoms with van der Waals surface area (Å²) in [5.41, 5.74) is 10.6. The predicted molar refractivity (Wildman–Crippen MR) is 63.5 cm³/mol. The lowest BCUT2D eigenvalue weighted by molar-refractivity contribution is -0.123. The Morgan fingerprint density at radius 1 is 1.25 bits per heavy atom. The van der Waals surface area contributed by atoms with Gasteiger partial charge < -0.3 is 16.2 Å². The van der Waals surface area contributed by atoms with Crippen LogP contribution >= 0.6 is 0 Å². The Morgan fingerprint density at radius 3 is 1.50 bits per heavy atom. The SMILES string of the molecule is C=C(C)C.CC1CO1.NC(=O)CCC(N)=O. The number of carbonyl (C=O) groups excluding carboxylic acids is 2. The molecule has 1 fully saturated rings. The average molecular weight is 230 g/mol. The normalized spacial score (nSPS) is 15.8. The first-order valence-corrected chi connectivity index (χ1v) is 5.06. The lowest BCUT2D eigenvalue weighted by Crippen LogP contribution is -2.16. The van der Waals surface area contributed by atoms with Gasteiger partial charge in [-0.2, -0.15) is 0 Å². The number of amides is 2. The van der Waals surface area contributed by atoms with Gasteiger partial charge >= 0.3 is 0 Å². The van der Waals surface area contributed by atoms with Gasteiger partial charge in [0.2, 0.25) is 11.8 Å². The number of epoxide rings is 1. The molecule has 1 aliphatic heterocycles. The van der Waals surface area contributed by atoms with Gasteiger partial charge in [-0.25, -0.2) is 0 Å². The summed E-state index contributed by atoms with van der Waals surface area (Å²) in [5, 5.41) is 0. The summed E-state index contributed by atoms with van der Waals surface area (Å²) in [7, 11) is 0. The van der Waals surface area contributed by atoms with Gasteiger partial charge in [0.05, 0.1) is 12.7 Å². The summed E-state index contributed by atoms with van der Waals surface area (Å²) in [6.07, 6.45) is 0.685. The molecule has 0 radical (unpaired) electrons. The minimum Gasteiger partial charge on any atom is -0.373 e. The maximum atomic E-state index is 9.92. The van der Waals surface area contributed by atoms with Crippen LogP contribution < -0.4 is 11.5 Å². The molecule has 1 atom stereocenters. The monoisotopic (exact) mass is 230 g/mol. The zero-order chi connectivity index (χ0) is 13.1. The largest absolute Gasteiger partial charge is 0.373 e. The maximum Gasteiger partial charge on any atom is 0.217 e. The van der Waals surface area contributed by atoms with E-state index in [1.54, 1.807) is 0 Å². The van der Waals surface area contributed by atoms with Crippen LogP contribution in [0.2, 0.25) is 0 Å². The first-order chi connectivity index (χ1) is 7.25. The predicted octanol–water partition coefficient (Wildman–Crippen LogP) is 0.725. The molecule has 0 aliphatic carbocycles. The third-order valence-electron chi connectivity index (χ3n) is 1.12. The van der Waals surface area contributed by atoms with Crippen molar-refractivity contribution in [3.63, 3.8) is 0 Å². The standard InChI is InChI=1S/C4H8N2O2.C4H8.C3H6O/c5-3(7)1-2-4(6)8;1-4(2)3;1-3-2-4-3/h1-2H2,(H2,5,7)(H2,6,8);1H2,2-3H3;3H,2H2,1H3. The molecule has 0 aromatic rings. The van der Waals surface area contributed by atoms with Crippen LogP contribution in [-0.2, 0) is 14.3 Å². The van der Waals surface area contributed by atoms with Crippen molar-refractivity contribution >= 4 is 11.8 Å². The number of primary amides is 2. The van der Waals surface area contributed by atoms with Gasteiger partial charge in [0.1, 0.15) is 0 Å². The zero-order valence-electron chi connectivity index (χ0n) is 10.3. The minimum atomic E-state index is -0.496. The van der Waals surface area contributed by atoms with Gasteiger partial charge in [-0.3, -0.25) is 9.59 Å². The van der Waals surface area contributed by atoms with Crippen molar-refractivity contribution in [2.45, 2.75) is 39.7 Å². The van der Waals surface area contributed by atoms with Crippen molar-refractivity contribution in [3.8, 4) is 0 Å². The van der Waals surface area contributed by atoms with E-state index in [2.05, 4.69) is 13.5 Å². The summed E-state index contributed by atoms with van der Waals surface area (Å²) in [5.74, 6) is -0.993. The summed E-state index contributed by atoms with van der Waals surface area (Å²) in [4.78, 5) is 19.8. The van der Waals surface area contributed by atoms with E-state index in [0.717, 1.165) is 6.61 Å². The van der Waals surface area contributed by atoms with E-state index in [0.29, 0.717) is 6.10 Å². The first kappa shape index (κ1) is 17.0. The molecule has 16 heavy (non-hydrogen) atoms. The number of hydrogen-bond donors (Lipinski definition) is 2. The second kappa shape index (κ2) is 10.2. The fourth-order valence-electron chi connectivity index (χ4n) is 0.343. The van der Waals surface area contributed by atoms with Crippen molar-refractivity contribution in [3.05, 3.63) is 12.2 Å². The molecule has 1 unspecified atom stereocenters. The zero-order valence-corrected chi connectivity index (χ0v) is 10.3. The Labute approximate surface area is 96.8 Å². The summed E-state index contributed by atoms with van der Waals surface area (Å²) < 4.78 is 4.71. The smallest absolute Gasteiger partial charge is 0.217 e. The summed E-state index contributed by atoms with van der Waals surface area (Å²) >= 11 is 0. The number of hydrogen-bond acceptors (Lipinski definition) is 3. The summed E-state index contributed by atoms with van der Waals surface area (Å²) in [6.45, 7) is 10.5. The van der Waals surface area contributed by atoms with E-state index in [1.807, 2.05) is 13.8 Å². The van der Waals surface area contributed by atoms with Crippen LogP contribution in [0.15, 0.2) is 12.2 Å². The highest BCUT2D eigenvalue weighted by Crippen LogP contribution is 2.04. The molecular formula is C11H22N2O3. The van der Waals surface area contributed by atoms with Gasteiger partial charge in [0.15, 0.2) is 0 Å². The van der Waals surface area contributed by atoms with Gasteiger partial charge in [0.25, 0.3) is 0 Å². The average Bonchev–Trinajstić information content (AvgIpc) is 2.84. The highest BCUT2D eigenvalue weighted by atomic mass is 16.6. The molecule has 1 rings (SSSR count). The van der Waals surface area contributed by atoms with Gasteiger partial charge in [-0.15, -0.1) is 6.58 Å². The topological polar surface area (TPSA) is 98.7 Å². The number of ether oxygens (including phenoxy) is 1. The van der Waals surface area contributed by atoms with E-state index in [9.17, 15) is 9.59 Å². The number of nitrogens with two attached hydrogens (primary N) is 2. The molecule has 0 aromatic carbocycles. The molecule has 4 N–H and O–H groups in total. The fraction of sp³-hybridized carbons (Fsp3) is 0.636. The Kier molecular flexibility index (Phi) is 10.8. The number of carbonyl (C=O) groups is 2. The van der Waals surface area contributed by atoms with Gasteiger partial charge in [0, 0.05) is 12.8 Å². The number of allylic oxidation sites excluding steroid dienone is 1. The quantitative estimate of drug-likeness (QED) is 0.552. The van der Waals surface area contributed by atoms with Crippen LogP contribution in [-0.4, -0.2) is 24.5 Å². The Balaban J connectivity index is 0. The molecular weight excluding hydrogens is 208 g/mol. The van der Waals surface area contributed by atoms with Crippen LogP contribution in [0, 0.1) is 0 Å².